The highest BCUT2D eigenvalue weighted by Crippen LogP contribution is 2.61. The molecule has 0 spiro atoms. The third kappa shape index (κ3) is 14.2. The van der Waals surface area contributed by atoms with Gasteiger partial charge >= 0.3 is 23.5 Å². The van der Waals surface area contributed by atoms with E-state index in [4.69, 9.17) is 30.0 Å². The molecule has 12 N–H and O–H groups in total. The van der Waals surface area contributed by atoms with Crippen LogP contribution < -0.4 is 22.1 Å². The summed E-state index contributed by atoms with van der Waals surface area (Å²) in [6, 6.07) is -0.882. The van der Waals surface area contributed by atoms with E-state index in [2.05, 4.69) is 34.4 Å². The number of phosphoric ester groups is 3. The first kappa shape index (κ1) is 47.4. The average molecular weight is 881 g/mol. The summed E-state index contributed by atoms with van der Waals surface area (Å²) in [7, 11) is -15.0. The van der Waals surface area contributed by atoms with Crippen molar-refractivity contribution in [1.82, 2.24) is 30.2 Å². The molecule has 0 aromatic carbocycles. The number of nitrogens with zero attached hydrogens (tertiary/aromatic N) is 4. The number of nitrogens with one attached hydrogen (secondary N) is 2. The van der Waals surface area contributed by atoms with Gasteiger partial charge in [0.1, 0.15) is 36.3 Å². The van der Waals surface area contributed by atoms with Crippen LogP contribution in [0.1, 0.15) is 26.5 Å². The van der Waals surface area contributed by atoms with Crippen molar-refractivity contribution in [2.45, 2.75) is 57.0 Å². The molecule has 3 heterocycles. The van der Waals surface area contributed by atoms with E-state index in [1.54, 1.807) is 0 Å². The van der Waals surface area contributed by atoms with Crippen LogP contribution in [0.2, 0.25) is 0 Å². The van der Waals surface area contributed by atoms with Crippen molar-refractivity contribution in [3.63, 3.8) is 0 Å². The fourth-order valence-corrected chi connectivity index (χ4v) is 8.13. The number of nitrogens with two attached hydrogens (primary N) is 2. The highest BCUT2D eigenvalue weighted by atomic mass is 32.2. The molecule has 0 radical (unpaired) electrons. The number of hydrogen-bond acceptors (Lipinski definition) is 20. The molecule has 1 aliphatic heterocycles. The van der Waals surface area contributed by atoms with Crippen LogP contribution in [-0.2, 0) is 55.4 Å². The summed E-state index contributed by atoms with van der Waals surface area (Å²) in [5, 5.41) is 25.9. The van der Waals surface area contributed by atoms with Crippen LogP contribution in [0.4, 0.5) is 5.82 Å². The topological polar surface area (TPSA) is 399 Å². The number of ether oxygens (including phenoxy) is 2. The Kier molecular flexibility index (Phi) is 17.1. The molecule has 8 unspecified atom stereocenters. The minimum Gasteiger partial charge on any atom is -0.505 e. The third-order valence-electron chi connectivity index (χ3n) is 7.44. The third-order valence-corrected chi connectivity index (χ3v) is 11.5. The van der Waals surface area contributed by atoms with Gasteiger partial charge in [-0.1, -0.05) is 25.6 Å². The van der Waals surface area contributed by atoms with E-state index in [9.17, 15) is 57.9 Å². The van der Waals surface area contributed by atoms with Crippen LogP contribution in [0.15, 0.2) is 25.0 Å². The Bertz CT molecular complexity index is 1870. The summed E-state index contributed by atoms with van der Waals surface area (Å²) < 4.78 is 66.7. The molecule has 0 aliphatic carbocycles. The Morgan fingerprint density at radius 2 is 1.77 bits per heavy atom. The number of amides is 2. The van der Waals surface area contributed by atoms with Crippen LogP contribution in [0.25, 0.3) is 11.2 Å². The second kappa shape index (κ2) is 20.2. The summed E-state index contributed by atoms with van der Waals surface area (Å²) in [6.07, 6.45) is -4.38. The number of hydrogen-bond donors (Lipinski definition) is 10. The Labute approximate surface area is 322 Å². The lowest BCUT2D eigenvalue weighted by Gasteiger charge is -2.30. The van der Waals surface area contributed by atoms with Crippen LogP contribution >= 0.6 is 35.2 Å². The van der Waals surface area contributed by atoms with Crippen LogP contribution in [-0.4, -0.2) is 136 Å². The molecule has 3 rings (SSSR count). The summed E-state index contributed by atoms with van der Waals surface area (Å²) >= 11 is 0.897. The number of rotatable bonds is 22. The van der Waals surface area contributed by atoms with Crippen molar-refractivity contribution in [2.24, 2.45) is 11.1 Å². The molecule has 0 saturated carbocycles. The lowest BCUT2D eigenvalue weighted by molar-refractivity contribution is -0.137. The van der Waals surface area contributed by atoms with Crippen molar-refractivity contribution in [1.29, 1.82) is 0 Å². The van der Waals surface area contributed by atoms with Crippen molar-refractivity contribution in [3.8, 4) is 0 Å². The van der Waals surface area contributed by atoms with Gasteiger partial charge < -0.3 is 61.4 Å². The molecular weight excluding hydrogens is 837 g/mol. The van der Waals surface area contributed by atoms with Crippen molar-refractivity contribution >= 4 is 69.1 Å². The SMILES string of the molecule is CO/C=C/C(N)C(=O)SCCNC(=O)CCNC(=O)C(O)C(C)(C)COP(=O)(O)OP(=O)(O)OCC1OC(n2cnc3c(N)ncnc32)C(O)C1OP(=O)(O)O. The zero-order chi connectivity index (χ0) is 42.1. The van der Waals surface area contributed by atoms with Gasteiger partial charge in [0.15, 0.2) is 17.7 Å². The first-order chi connectivity index (χ1) is 26.0. The zero-order valence-electron chi connectivity index (χ0n) is 29.8. The molecule has 0 bridgehead atoms. The number of carbonyl (C=O) groups is 3. The molecule has 8 atom stereocenters. The minimum atomic E-state index is -5.58. The van der Waals surface area contributed by atoms with E-state index in [-0.39, 0.29) is 47.4 Å². The molecule has 316 valence electrons. The van der Waals surface area contributed by atoms with Crippen molar-refractivity contribution in [3.05, 3.63) is 25.0 Å². The maximum Gasteiger partial charge on any atom is 0.481 e. The number of anilines is 1. The number of imidazole rings is 1. The largest absolute Gasteiger partial charge is 0.505 e. The molecule has 2 aromatic rings. The normalized spacial score (nSPS) is 22.3. The van der Waals surface area contributed by atoms with Crippen molar-refractivity contribution < 1.29 is 85.2 Å². The monoisotopic (exact) mass is 880 g/mol. The van der Waals surface area contributed by atoms with Crippen LogP contribution in [0.5, 0.6) is 0 Å². The Hall–Kier alpha value is -2.94. The predicted molar refractivity (Wildman–Crippen MR) is 191 cm³/mol. The second-order valence-corrected chi connectivity index (χ2v) is 17.7. The predicted octanol–water partition coefficient (Wildman–Crippen LogP) is -1.85. The molecule has 56 heavy (non-hydrogen) atoms. The number of methoxy groups -OCH3 is 1. The zero-order valence-corrected chi connectivity index (χ0v) is 33.3. The lowest BCUT2D eigenvalue weighted by atomic mass is 9.87. The molecule has 2 amide bonds. The Morgan fingerprint density at radius 3 is 2.43 bits per heavy atom. The van der Waals surface area contributed by atoms with E-state index in [1.807, 2.05) is 0 Å². The number of phosphoric acid groups is 3. The van der Waals surface area contributed by atoms with Gasteiger partial charge in [0.25, 0.3) is 0 Å². The molecule has 30 heteroatoms. The summed E-state index contributed by atoms with van der Waals surface area (Å²) in [4.78, 5) is 87.4. The molecule has 1 fully saturated rings. The maximum absolute atomic E-state index is 12.7. The summed E-state index contributed by atoms with van der Waals surface area (Å²) in [5.41, 5.74) is 9.88. The number of carbonyl (C=O) groups excluding carboxylic acids is 3. The van der Waals surface area contributed by atoms with E-state index in [1.165, 1.54) is 33.3 Å². The molecular formula is C26H43N8O18P3S. The average Bonchev–Trinajstić information content (AvgIpc) is 3.66. The fourth-order valence-electron chi connectivity index (χ4n) is 4.62. The molecule has 26 nitrogen and oxygen atoms in total. The molecule has 1 aliphatic rings. The van der Waals surface area contributed by atoms with Gasteiger partial charge in [0.05, 0.1) is 39.0 Å². The van der Waals surface area contributed by atoms with Gasteiger partial charge in [-0.15, -0.1) is 0 Å². The number of aliphatic hydroxyl groups is 2. The minimum absolute atomic E-state index is 0.0249. The number of nitrogen functional groups attached to an aromatic ring is 1. The fraction of sp³-hybridized carbons (Fsp3) is 0.615. The van der Waals surface area contributed by atoms with Gasteiger partial charge in [-0.3, -0.25) is 32.5 Å². The Balaban J connectivity index is 1.49. The van der Waals surface area contributed by atoms with E-state index in [0.717, 1.165) is 29.0 Å². The lowest BCUT2D eigenvalue weighted by Crippen LogP contribution is -2.46. The maximum atomic E-state index is 12.7. The number of aromatic nitrogens is 4. The second-order valence-electron chi connectivity index (χ2n) is 12.3. The smallest absolute Gasteiger partial charge is 0.481 e. The van der Waals surface area contributed by atoms with Gasteiger partial charge in [-0.05, 0) is 6.08 Å². The molecule has 1 saturated heterocycles. The summed E-state index contributed by atoms with van der Waals surface area (Å²) in [6.45, 7) is 0.318. The van der Waals surface area contributed by atoms with E-state index >= 15 is 0 Å². The quantitative estimate of drug-likeness (QED) is 0.0352. The summed E-state index contributed by atoms with van der Waals surface area (Å²) in [5.74, 6) is -1.31. The van der Waals surface area contributed by atoms with Gasteiger partial charge in [-0.2, -0.15) is 4.31 Å². The van der Waals surface area contributed by atoms with Crippen molar-refractivity contribution in [2.75, 3.05) is 44.9 Å². The number of fused-ring (bicyclic) bond motifs is 1. The highest BCUT2D eigenvalue weighted by Gasteiger charge is 2.50. The van der Waals surface area contributed by atoms with Crippen LogP contribution in [0.3, 0.4) is 0 Å². The Morgan fingerprint density at radius 1 is 1.09 bits per heavy atom. The van der Waals surface area contributed by atoms with E-state index in [0.29, 0.717) is 0 Å². The van der Waals surface area contributed by atoms with Gasteiger partial charge in [0.2, 0.25) is 16.9 Å². The van der Waals surface area contributed by atoms with Gasteiger partial charge in [0, 0.05) is 30.7 Å². The highest BCUT2D eigenvalue weighted by molar-refractivity contribution is 8.13. The molecule has 2 aromatic heterocycles. The van der Waals surface area contributed by atoms with E-state index < -0.39 is 90.6 Å². The number of thioether (sulfide) groups is 1. The van der Waals surface area contributed by atoms with Crippen LogP contribution in [0, 0.1) is 5.41 Å². The number of aliphatic hydroxyl groups excluding tert-OH is 2. The first-order valence-electron chi connectivity index (χ1n) is 16.0. The standard InChI is InChI=1S/C26H43N8O18P3S/c1-26(2,20(37)23(38)30-6-4-16(35)29-7-9-56-25(39)14(27)5-8-47-3)11-49-55(45,46)52-54(43,44)48-10-15-19(51-53(40,41)42)18(36)24(50-15)34-13-33-17-21(28)31-12-32-22(17)34/h5,8,12-15,18-20,24,36-37H,4,6-7,9-11,27H2,1-3H3,(H,29,35)(H,30,38)(H,43,44)(H,45,46)(H2,28,31,32)(H2,40,41,42)/b8-5+. The van der Waals surface area contributed by atoms with Gasteiger partial charge in [-0.25, -0.2) is 28.6 Å². The first-order valence-corrected chi connectivity index (χ1v) is 21.5.